The molecule has 5 rings (SSSR count). The minimum Gasteiger partial charge on any atom is -0.494 e. The molecule has 1 N–H and O–H groups in total. The van der Waals surface area contributed by atoms with Gasteiger partial charge < -0.3 is 9.15 Å². The summed E-state index contributed by atoms with van der Waals surface area (Å²) in [7, 11) is 0. The second-order valence-electron chi connectivity index (χ2n) is 7.30. The number of aryl methyl sites for hydroxylation is 1. The summed E-state index contributed by atoms with van der Waals surface area (Å²) < 4.78 is 12.9. The maximum Gasteiger partial charge on any atom is 0.290 e. The lowest BCUT2D eigenvalue weighted by atomic mass is 10.1. The maximum absolute atomic E-state index is 12.4. The molecule has 0 aliphatic carbocycles. The SMILES string of the molecule is CCOc1ccc(-c2cc3c(=O)[nH]nc(SCc4nc(-c5ccccc5)oc4C)n3n2)cc1. The van der Waals surface area contributed by atoms with E-state index in [1.54, 1.807) is 10.6 Å². The number of thioether (sulfide) groups is 1. The van der Waals surface area contributed by atoms with E-state index in [2.05, 4.69) is 20.3 Å². The first-order chi connectivity index (χ1) is 16.1. The quantitative estimate of drug-likeness (QED) is 0.351. The van der Waals surface area contributed by atoms with Crippen LogP contribution in [0.4, 0.5) is 0 Å². The van der Waals surface area contributed by atoms with Crippen molar-refractivity contribution in [2.75, 3.05) is 6.61 Å². The van der Waals surface area contributed by atoms with Crippen LogP contribution in [0.1, 0.15) is 18.4 Å². The van der Waals surface area contributed by atoms with Crippen LogP contribution in [0.5, 0.6) is 5.75 Å². The van der Waals surface area contributed by atoms with Crippen LogP contribution in [0.2, 0.25) is 0 Å². The Kier molecular flexibility index (Phi) is 5.70. The third-order valence-corrected chi connectivity index (χ3v) is 6.03. The topological polar surface area (TPSA) is 98.3 Å². The van der Waals surface area contributed by atoms with Crippen LogP contribution < -0.4 is 10.3 Å². The number of rotatable bonds is 7. The normalized spacial score (nSPS) is 11.2. The molecule has 0 saturated heterocycles. The molecule has 0 aliphatic heterocycles. The molecule has 0 unspecified atom stereocenters. The molecule has 166 valence electrons. The summed E-state index contributed by atoms with van der Waals surface area (Å²) in [5.41, 5.74) is 3.44. The Morgan fingerprint density at radius 2 is 1.88 bits per heavy atom. The standard InChI is InChI=1S/C24H21N5O3S/c1-3-31-18-11-9-16(10-12-18)19-13-21-22(30)26-27-24(29(21)28-19)33-14-20-15(2)32-23(25-20)17-7-5-4-6-8-17/h4-13H,3,14H2,1-2H3,(H,26,30). The lowest BCUT2D eigenvalue weighted by Crippen LogP contribution is -2.13. The molecule has 0 saturated carbocycles. The fourth-order valence-corrected chi connectivity index (χ4v) is 4.32. The predicted molar refractivity (Wildman–Crippen MR) is 126 cm³/mol. The molecule has 0 atom stereocenters. The van der Waals surface area contributed by atoms with Crippen LogP contribution in [0.15, 0.2) is 75.0 Å². The van der Waals surface area contributed by atoms with Crippen molar-refractivity contribution in [3.63, 3.8) is 0 Å². The number of nitrogens with zero attached hydrogens (tertiary/aromatic N) is 4. The predicted octanol–water partition coefficient (Wildman–Crippen LogP) is 4.74. The number of fused-ring (bicyclic) bond motifs is 1. The lowest BCUT2D eigenvalue weighted by molar-refractivity contribution is 0.340. The Morgan fingerprint density at radius 3 is 2.64 bits per heavy atom. The van der Waals surface area contributed by atoms with Crippen molar-refractivity contribution in [2.24, 2.45) is 0 Å². The zero-order chi connectivity index (χ0) is 22.8. The van der Waals surface area contributed by atoms with E-state index in [1.165, 1.54) is 11.8 Å². The van der Waals surface area contributed by atoms with Crippen molar-refractivity contribution >= 4 is 17.3 Å². The average Bonchev–Trinajstić information content (AvgIpc) is 3.45. The molecular weight excluding hydrogens is 438 g/mol. The first kappa shape index (κ1) is 21.0. The molecular formula is C24H21N5O3S. The van der Waals surface area contributed by atoms with Crippen LogP contribution in [0.25, 0.3) is 28.2 Å². The van der Waals surface area contributed by atoms with Gasteiger partial charge in [0.1, 0.15) is 17.0 Å². The first-order valence-corrected chi connectivity index (χ1v) is 11.5. The summed E-state index contributed by atoms with van der Waals surface area (Å²) in [5, 5.41) is 12.0. The van der Waals surface area contributed by atoms with Gasteiger partial charge in [-0.15, -0.1) is 5.10 Å². The highest BCUT2D eigenvalue weighted by atomic mass is 32.2. The van der Waals surface area contributed by atoms with Crippen molar-refractivity contribution in [3.8, 4) is 28.5 Å². The Balaban J connectivity index is 1.42. The van der Waals surface area contributed by atoms with Crippen LogP contribution in [0.3, 0.4) is 0 Å². The van der Waals surface area contributed by atoms with Crippen molar-refractivity contribution < 1.29 is 9.15 Å². The number of hydrogen-bond donors (Lipinski definition) is 1. The number of nitrogens with one attached hydrogen (secondary N) is 1. The molecule has 0 amide bonds. The van der Waals surface area contributed by atoms with E-state index in [-0.39, 0.29) is 5.56 Å². The summed E-state index contributed by atoms with van der Waals surface area (Å²) in [5.74, 6) is 2.64. The zero-order valence-corrected chi connectivity index (χ0v) is 18.9. The number of benzene rings is 2. The van der Waals surface area contributed by atoms with Gasteiger partial charge in [-0.2, -0.15) is 5.10 Å². The van der Waals surface area contributed by atoms with Gasteiger partial charge in [0.25, 0.3) is 5.56 Å². The van der Waals surface area contributed by atoms with Gasteiger partial charge in [-0.05, 0) is 56.3 Å². The molecule has 0 aliphatic rings. The van der Waals surface area contributed by atoms with E-state index in [1.807, 2.05) is 68.4 Å². The highest BCUT2D eigenvalue weighted by molar-refractivity contribution is 7.98. The summed E-state index contributed by atoms with van der Waals surface area (Å²) in [4.78, 5) is 17.0. The lowest BCUT2D eigenvalue weighted by Gasteiger charge is -2.03. The van der Waals surface area contributed by atoms with Gasteiger partial charge in [0, 0.05) is 16.9 Å². The van der Waals surface area contributed by atoms with E-state index in [0.29, 0.717) is 34.6 Å². The van der Waals surface area contributed by atoms with Crippen molar-refractivity contribution in [2.45, 2.75) is 24.8 Å². The Morgan fingerprint density at radius 1 is 1.09 bits per heavy atom. The van der Waals surface area contributed by atoms with Gasteiger partial charge in [0.15, 0.2) is 0 Å². The number of hydrogen-bond acceptors (Lipinski definition) is 7. The van der Waals surface area contributed by atoms with E-state index >= 15 is 0 Å². The van der Waals surface area contributed by atoms with Gasteiger partial charge in [0.05, 0.1) is 18.0 Å². The minimum atomic E-state index is -0.298. The molecule has 3 heterocycles. The molecule has 0 bridgehead atoms. The highest BCUT2D eigenvalue weighted by Gasteiger charge is 2.16. The van der Waals surface area contributed by atoms with E-state index in [0.717, 1.165) is 28.3 Å². The smallest absolute Gasteiger partial charge is 0.290 e. The molecule has 3 aromatic heterocycles. The molecule has 0 radical (unpaired) electrons. The van der Waals surface area contributed by atoms with Gasteiger partial charge in [-0.1, -0.05) is 30.0 Å². The molecule has 9 heteroatoms. The average molecular weight is 460 g/mol. The number of ether oxygens (including phenoxy) is 1. The van der Waals surface area contributed by atoms with Gasteiger partial charge in [0.2, 0.25) is 11.0 Å². The van der Waals surface area contributed by atoms with Gasteiger partial charge in [-0.25, -0.2) is 14.6 Å². The number of aromatic amines is 1. The third kappa shape index (κ3) is 4.27. The largest absolute Gasteiger partial charge is 0.494 e. The summed E-state index contributed by atoms with van der Waals surface area (Å²) in [6, 6.07) is 19.1. The van der Waals surface area contributed by atoms with Crippen LogP contribution in [-0.2, 0) is 5.75 Å². The maximum atomic E-state index is 12.4. The van der Waals surface area contributed by atoms with E-state index in [9.17, 15) is 4.79 Å². The summed E-state index contributed by atoms with van der Waals surface area (Å²) in [6.45, 7) is 4.44. The van der Waals surface area contributed by atoms with Gasteiger partial charge >= 0.3 is 0 Å². The minimum absolute atomic E-state index is 0.298. The van der Waals surface area contributed by atoms with Crippen molar-refractivity contribution in [1.29, 1.82) is 0 Å². The van der Waals surface area contributed by atoms with Crippen molar-refractivity contribution in [1.82, 2.24) is 24.8 Å². The Hall–Kier alpha value is -3.85. The molecule has 0 fully saturated rings. The number of oxazole rings is 1. The van der Waals surface area contributed by atoms with Crippen LogP contribution >= 0.6 is 11.8 Å². The third-order valence-electron chi connectivity index (χ3n) is 5.09. The second kappa shape index (κ2) is 8.95. The molecule has 8 nitrogen and oxygen atoms in total. The first-order valence-electron chi connectivity index (χ1n) is 10.5. The molecule has 0 spiro atoms. The van der Waals surface area contributed by atoms with Crippen molar-refractivity contribution in [3.05, 3.63) is 82.5 Å². The van der Waals surface area contributed by atoms with Gasteiger partial charge in [-0.3, -0.25) is 4.79 Å². The van der Waals surface area contributed by atoms with Crippen LogP contribution in [0, 0.1) is 6.92 Å². The number of H-pyrrole nitrogens is 1. The fraction of sp³-hybridized carbons (Fsp3) is 0.167. The van der Waals surface area contributed by atoms with E-state index in [4.69, 9.17) is 9.15 Å². The molecule has 33 heavy (non-hydrogen) atoms. The number of aromatic nitrogens is 5. The summed E-state index contributed by atoms with van der Waals surface area (Å²) >= 11 is 1.43. The van der Waals surface area contributed by atoms with E-state index < -0.39 is 0 Å². The zero-order valence-electron chi connectivity index (χ0n) is 18.1. The Bertz CT molecular complexity index is 1460. The summed E-state index contributed by atoms with van der Waals surface area (Å²) in [6.07, 6.45) is 0. The highest BCUT2D eigenvalue weighted by Crippen LogP contribution is 2.28. The second-order valence-corrected chi connectivity index (χ2v) is 8.24. The Labute approximate surface area is 193 Å². The molecule has 5 aromatic rings. The molecule has 2 aromatic carbocycles. The fourth-order valence-electron chi connectivity index (χ4n) is 3.41. The van der Waals surface area contributed by atoms with Crippen LogP contribution in [-0.4, -0.2) is 31.4 Å². The monoisotopic (exact) mass is 459 g/mol.